The van der Waals surface area contributed by atoms with Crippen LogP contribution in [-0.4, -0.2) is 37.0 Å². The highest BCUT2D eigenvalue weighted by Gasteiger charge is 2.31. The maximum Gasteiger partial charge on any atom is 0.237 e. The Hall–Kier alpha value is -4.33. The average Bonchev–Trinajstić information content (AvgIpc) is 3.40. The van der Waals surface area contributed by atoms with E-state index in [0.717, 1.165) is 39.5 Å². The van der Waals surface area contributed by atoms with Crippen molar-refractivity contribution in [1.82, 2.24) is 24.5 Å². The third-order valence-corrected chi connectivity index (χ3v) is 5.47. The minimum Gasteiger partial charge on any atom is -0.355 e. The predicted octanol–water partition coefficient (Wildman–Crippen LogP) is 3.32. The maximum absolute atomic E-state index is 11.8. The van der Waals surface area contributed by atoms with Gasteiger partial charge in [-0.15, -0.1) is 0 Å². The molecular formula is C23H17N7O. The Balaban J connectivity index is 1.40. The van der Waals surface area contributed by atoms with Gasteiger partial charge in [-0.05, 0) is 29.8 Å². The van der Waals surface area contributed by atoms with Crippen molar-refractivity contribution in [2.75, 3.05) is 10.2 Å². The lowest BCUT2D eigenvalue weighted by molar-refractivity contribution is -0.108. The Morgan fingerprint density at radius 3 is 2.71 bits per heavy atom. The Labute approximate surface area is 177 Å². The number of aldehydes is 1. The number of hydrogen-bond donors (Lipinski definition) is 1. The molecule has 0 bridgehead atoms. The summed E-state index contributed by atoms with van der Waals surface area (Å²) in [6, 6.07) is 17.9. The van der Waals surface area contributed by atoms with Crippen molar-refractivity contribution in [3.63, 3.8) is 0 Å². The van der Waals surface area contributed by atoms with Gasteiger partial charge >= 0.3 is 0 Å². The van der Waals surface area contributed by atoms with E-state index >= 15 is 0 Å². The van der Waals surface area contributed by atoms with Crippen molar-refractivity contribution in [3.05, 3.63) is 78.9 Å². The number of carbonyl (C=O) groups is 1. The summed E-state index contributed by atoms with van der Waals surface area (Å²) in [7, 11) is 0. The second-order valence-electron chi connectivity index (χ2n) is 7.40. The van der Waals surface area contributed by atoms with Crippen molar-refractivity contribution in [3.8, 4) is 5.95 Å². The van der Waals surface area contributed by atoms with E-state index in [9.17, 15) is 4.79 Å². The molecule has 8 nitrogen and oxygen atoms in total. The molecule has 1 aliphatic rings. The van der Waals surface area contributed by atoms with Crippen molar-refractivity contribution in [1.29, 1.82) is 0 Å². The van der Waals surface area contributed by atoms with Crippen LogP contribution in [0.3, 0.4) is 0 Å². The average molecular weight is 407 g/mol. The van der Waals surface area contributed by atoms with Crippen LogP contribution in [0.4, 0.5) is 11.5 Å². The summed E-state index contributed by atoms with van der Waals surface area (Å²) in [5.41, 5.74) is 4.45. The van der Waals surface area contributed by atoms with Crippen LogP contribution in [0.2, 0.25) is 0 Å². The highest BCUT2D eigenvalue weighted by molar-refractivity contribution is 5.83. The van der Waals surface area contributed by atoms with Crippen molar-refractivity contribution in [2.45, 2.75) is 12.7 Å². The number of rotatable bonds is 4. The number of para-hydroxylation sites is 3. The number of aromatic nitrogens is 5. The first-order valence-corrected chi connectivity index (χ1v) is 9.92. The Kier molecular flexibility index (Phi) is 3.89. The number of imidazole rings is 1. The van der Waals surface area contributed by atoms with Crippen molar-refractivity contribution >= 4 is 39.7 Å². The van der Waals surface area contributed by atoms with Gasteiger partial charge in [0.2, 0.25) is 5.95 Å². The van der Waals surface area contributed by atoms with Gasteiger partial charge in [0, 0.05) is 18.1 Å². The van der Waals surface area contributed by atoms with Crippen LogP contribution in [0.25, 0.3) is 27.9 Å². The molecule has 1 unspecified atom stereocenters. The first-order valence-electron chi connectivity index (χ1n) is 9.92. The summed E-state index contributed by atoms with van der Waals surface area (Å²) in [6.07, 6.45) is 5.62. The van der Waals surface area contributed by atoms with Gasteiger partial charge < -0.3 is 10.2 Å². The molecule has 0 aliphatic carbocycles. The van der Waals surface area contributed by atoms with E-state index < -0.39 is 6.17 Å². The molecule has 0 saturated carbocycles. The summed E-state index contributed by atoms with van der Waals surface area (Å²) in [5.74, 6) is 1.18. The van der Waals surface area contributed by atoms with Crippen LogP contribution < -0.4 is 10.2 Å². The number of nitrogens with one attached hydrogen (secondary N) is 1. The molecular weight excluding hydrogens is 390 g/mol. The summed E-state index contributed by atoms with van der Waals surface area (Å²) >= 11 is 0. The van der Waals surface area contributed by atoms with E-state index in [4.69, 9.17) is 4.98 Å². The van der Waals surface area contributed by atoms with E-state index in [1.807, 2.05) is 64.2 Å². The number of hydrogen-bond acceptors (Lipinski definition) is 7. The van der Waals surface area contributed by atoms with Gasteiger partial charge in [-0.3, -0.25) is 14.3 Å². The minimum atomic E-state index is -0.523. The molecule has 0 saturated heterocycles. The largest absolute Gasteiger partial charge is 0.355 e. The van der Waals surface area contributed by atoms with E-state index in [-0.39, 0.29) is 0 Å². The Morgan fingerprint density at radius 2 is 1.81 bits per heavy atom. The Bertz CT molecular complexity index is 1440. The summed E-state index contributed by atoms with van der Waals surface area (Å²) in [6.45, 7) is 0.488. The fourth-order valence-corrected chi connectivity index (χ4v) is 3.97. The van der Waals surface area contributed by atoms with Crippen LogP contribution in [0, 0.1) is 0 Å². The van der Waals surface area contributed by atoms with Crippen molar-refractivity contribution in [2.24, 2.45) is 0 Å². The molecule has 1 N–H and O–H groups in total. The van der Waals surface area contributed by atoms with Gasteiger partial charge in [0.1, 0.15) is 6.33 Å². The van der Waals surface area contributed by atoms with Gasteiger partial charge in [0.15, 0.2) is 18.3 Å². The molecule has 4 heterocycles. The molecule has 2 aromatic carbocycles. The highest BCUT2D eigenvalue weighted by Crippen LogP contribution is 2.33. The number of fused-ring (bicyclic) bond motifs is 3. The molecule has 1 atom stereocenters. The molecule has 150 valence electrons. The van der Waals surface area contributed by atoms with Crippen LogP contribution in [-0.2, 0) is 11.3 Å². The molecule has 0 radical (unpaired) electrons. The monoisotopic (exact) mass is 407 g/mol. The van der Waals surface area contributed by atoms with Crippen LogP contribution in [0.15, 0.2) is 73.3 Å². The Morgan fingerprint density at radius 1 is 0.968 bits per heavy atom. The zero-order valence-electron chi connectivity index (χ0n) is 16.4. The van der Waals surface area contributed by atoms with Crippen LogP contribution in [0.5, 0.6) is 0 Å². The minimum absolute atomic E-state index is 0.488. The highest BCUT2D eigenvalue weighted by atomic mass is 16.1. The molecule has 3 aromatic heterocycles. The SMILES string of the molecule is O=CC1Nc2cnc(-n3cnc4ccccc43)nc2N1Cc1cnc2ccccc2c1. The molecule has 6 rings (SSSR count). The quantitative estimate of drug-likeness (QED) is 0.457. The van der Waals surface area contributed by atoms with Gasteiger partial charge in [-0.2, -0.15) is 4.98 Å². The lowest BCUT2D eigenvalue weighted by atomic mass is 10.1. The van der Waals surface area contributed by atoms with E-state index in [0.29, 0.717) is 18.3 Å². The number of anilines is 2. The fourth-order valence-electron chi connectivity index (χ4n) is 3.97. The lowest BCUT2D eigenvalue weighted by Crippen LogP contribution is -2.36. The van der Waals surface area contributed by atoms with E-state index in [2.05, 4.69) is 26.3 Å². The fraction of sp³-hybridized carbons (Fsp3) is 0.0870. The molecule has 0 spiro atoms. The molecule has 8 heteroatoms. The topological polar surface area (TPSA) is 88.8 Å². The summed E-state index contributed by atoms with van der Waals surface area (Å²) in [5, 5.41) is 4.25. The van der Waals surface area contributed by atoms with Crippen LogP contribution >= 0.6 is 0 Å². The van der Waals surface area contributed by atoms with E-state index in [1.165, 1.54) is 0 Å². The number of carbonyl (C=O) groups excluding carboxylic acids is 1. The van der Waals surface area contributed by atoms with Crippen LogP contribution in [0.1, 0.15) is 5.56 Å². The maximum atomic E-state index is 11.8. The third-order valence-electron chi connectivity index (χ3n) is 5.47. The summed E-state index contributed by atoms with van der Waals surface area (Å²) < 4.78 is 1.85. The molecule has 0 fully saturated rings. The van der Waals surface area contributed by atoms with Gasteiger partial charge in [-0.25, -0.2) is 9.97 Å². The van der Waals surface area contributed by atoms with Crippen molar-refractivity contribution < 1.29 is 4.79 Å². The zero-order chi connectivity index (χ0) is 20.8. The number of benzene rings is 2. The van der Waals surface area contributed by atoms with Gasteiger partial charge in [0.05, 0.1) is 28.4 Å². The molecule has 5 aromatic rings. The first kappa shape index (κ1) is 17.5. The van der Waals surface area contributed by atoms with E-state index in [1.54, 1.807) is 12.5 Å². The number of nitrogens with zero attached hydrogens (tertiary/aromatic N) is 6. The van der Waals surface area contributed by atoms with Gasteiger partial charge in [0.25, 0.3) is 0 Å². The lowest BCUT2D eigenvalue weighted by Gasteiger charge is -2.22. The first-order chi connectivity index (χ1) is 15.3. The smallest absolute Gasteiger partial charge is 0.237 e. The zero-order valence-corrected chi connectivity index (χ0v) is 16.4. The molecule has 1 aliphatic heterocycles. The molecule has 31 heavy (non-hydrogen) atoms. The second kappa shape index (κ2) is 6.88. The summed E-state index contributed by atoms with van der Waals surface area (Å²) in [4.78, 5) is 32.0. The predicted molar refractivity (Wildman–Crippen MR) is 118 cm³/mol. The third kappa shape index (κ3) is 2.88. The second-order valence-corrected chi connectivity index (χ2v) is 7.40. The number of pyridine rings is 1. The van der Waals surface area contributed by atoms with Gasteiger partial charge in [-0.1, -0.05) is 30.3 Å². The normalized spacial score (nSPS) is 15.2. The standard InChI is InChI=1S/C23H17N7O/c31-13-21-27-19-11-25-23(30-14-26-18-7-3-4-8-20(18)30)28-22(19)29(21)12-15-9-16-5-1-2-6-17(16)24-10-15/h1-11,13-14,21,27H,12H2. The molecule has 0 amide bonds.